The molecule has 2 heterocycles. The average Bonchev–Trinajstić information content (AvgIpc) is 3.41. The number of morpholine rings is 1. The number of ether oxygens (including phenoxy) is 1. The van der Waals surface area contributed by atoms with Crippen LogP contribution in [0.15, 0.2) is 18.2 Å². The molecule has 0 radical (unpaired) electrons. The van der Waals surface area contributed by atoms with Crippen LogP contribution in [0, 0.1) is 5.92 Å². The van der Waals surface area contributed by atoms with Gasteiger partial charge in [0.15, 0.2) is 0 Å². The van der Waals surface area contributed by atoms with Gasteiger partial charge in [-0.3, -0.25) is 19.3 Å². The van der Waals surface area contributed by atoms with Crippen LogP contribution in [-0.2, 0) is 25.5 Å². The third kappa shape index (κ3) is 9.74. The molecular formula is C32H49N5O4S. The number of thiazole rings is 1. The highest BCUT2D eigenvalue weighted by Gasteiger charge is 2.30. The topological polar surface area (TPSA) is 113 Å². The molecule has 2 aromatic rings. The van der Waals surface area contributed by atoms with E-state index in [1.807, 2.05) is 6.07 Å². The molecule has 0 bridgehead atoms. The van der Waals surface area contributed by atoms with E-state index in [0.717, 1.165) is 80.2 Å². The first kappa shape index (κ1) is 32.4. The van der Waals surface area contributed by atoms with Crippen molar-refractivity contribution in [3.8, 4) is 0 Å². The van der Waals surface area contributed by atoms with Crippen LogP contribution in [0.25, 0.3) is 10.2 Å². The molecule has 1 aliphatic heterocycles. The molecule has 9 nitrogen and oxygen atoms in total. The Bertz CT molecular complexity index is 1170. The van der Waals surface area contributed by atoms with Gasteiger partial charge < -0.3 is 20.7 Å². The Hall–Kier alpha value is -2.56. The van der Waals surface area contributed by atoms with Gasteiger partial charge in [-0.25, -0.2) is 4.98 Å². The van der Waals surface area contributed by atoms with Crippen molar-refractivity contribution in [3.05, 3.63) is 28.8 Å². The van der Waals surface area contributed by atoms with E-state index >= 15 is 0 Å². The number of aromatic nitrogens is 1. The minimum atomic E-state index is -0.724. The van der Waals surface area contributed by atoms with Crippen molar-refractivity contribution in [2.45, 2.75) is 96.6 Å². The molecule has 4 rings (SSSR count). The maximum absolute atomic E-state index is 13.7. The molecular weight excluding hydrogens is 550 g/mol. The second-order valence-electron chi connectivity index (χ2n) is 12.0. The Labute approximate surface area is 254 Å². The lowest BCUT2D eigenvalue weighted by atomic mass is 9.83. The van der Waals surface area contributed by atoms with Crippen LogP contribution >= 0.6 is 11.3 Å². The fourth-order valence-electron chi connectivity index (χ4n) is 5.87. The van der Waals surface area contributed by atoms with Crippen LogP contribution in [0.4, 0.5) is 0 Å². The molecule has 0 spiro atoms. The van der Waals surface area contributed by atoms with Crippen molar-refractivity contribution in [3.63, 3.8) is 0 Å². The van der Waals surface area contributed by atoms with E-state index in [1.165, 1.54) is 12.0 Å². The number of rotatable bonds is 14. The summed E-state index contributed by atoms with van der Waals surface area (Å²) in [6, 6.07) is 5.41. The fourth-order valence-corrected chi connectivity index (χ4v) is 6.93. The molecule has 42 heavy (non-hydrogen) atoms. The van der Waals surface area contributed by atoms with E-state index in [4.69, 9.17) is 9.72 Å². The zero-order valence-corrected chi connectivity index (χ0v) is 26.4. The molecule has 1 aromatic heterocycles. The van der Waals surface area contributed by atoms with Crippen LogP contribution in [-0.4, -0.2) is 79.1 Å². The highest BCUT2D eigenvalue weighted by molar-refractivity contribution is 7.18. The molecule has 1 aromatic carbocycles. The molecule has 1 saturated carbocycles. The molecule has 3 N–H and O–H groups in total. The summed E-state index contributed by atoms with van der Waals surface area (Å²) in [5, 5.41) is 10.1. The Morgan fingerprint density at radius 2 is 1.83 bits per heavy atom. The molecule has 0 unspecified atom stereocenters. The van der Waals surface area contributed by atoms with E-state index in [1.54, 1.807) is 18.3 Å². The summed E-state index contributed by atoms with van der Waals surface area (Å²) in [5.74, 6) is 0.363. The quantitative estimate of drug-likeness (QED) is 0.301. The first-order valence-corrected chi connectivity index (χ1v) is 16.7. The third-order valence-corrected chi connectivity index (χ3v) is 9.56. The van der Waals surface area contributed by atoms with Crippen molar-refractivity contribution in [2.24, 2.45) is 5.92 Å². The second-order valence-corrected chi connectivity index (χ2v) is 13.2. The summed E-state index contributed by atoms with van der Waals surface area (Å²) in [5.41, 5.74) is 2.17. The van der Waals surface area contributed by atoms with Crippen LogP contribution in [0.2, 0.25) is 0 Å². The summed E-state index contributed by atoms with van der Waals surface area (Å²) < 4.78 is 6.49. The number of hydrogen-bond acceptors (Lipinski definition) is 7. The number of hydrogen-bond donors (Lipinski definition) is 3. The fraction of sp³-hybridized carbons (Fsp3) is 0.688. The second kappa shape index (κ2) is 16.3. The number of carbonyl (C=O) groups excluding carboxylic acids is 3. The third-order valence-electron chi connectivity index (χ3n) is 8.52. The summed E-state index contributed by atoms with van der Waals surface area (Å²) in [6.45, 7) is 10.8. The molecule has 1 saturated heterocycles. The summed E-state index contributed by atoms with van der Waals surface area (Å²) in [4.78, 5) is 46.0. The number of amides is 3. The van der Waals surface area contributed by atoms with E-state index in [2.05, 4.69) is 46.8 Å². The summed E-state index contributed by atoms with van der Waals surface area (Å²) >= 11 is 1.58. The number of nitrogens with one attached hydrogen (secondary N) is 3. The normalized spacial score (nSPS) is 18.1. The van der Waals surface area contributed by atoms with Gasteiger partial charge in [-0.15, -0.1) is 11.3 Å². The van der Waals surface area contributed by atoms with E-state index in [9.17, 15) is 14.4 Å². The van der Waals surface area contributed by atoms with E-state index in [0.29, 0.717) is 37.6 Å². The predicted molar refractivity (Wildman–Crippen MR) is 168 cm³/mol. The Balaban J connectivity index is 1.39. The largest absolute Gasteiger partial charge is 0.379 e. The Morgan fingerprint density at radius 1 is 1.07 bits per heavy atom. The smallest absolute Gasteiger partial charge is 0.243 e. The van der Waals surface area contributed by atoms with E-state index in [-0.39, 0.29) is 23.8 Å². The SMILES string of the molecule is CCC(=O)N[C@@H](Cc1nc2ccc(C(C)C)cc2s1)C(=O)N[C@H](CNC(=O)CCCN1CCOCC1)C1CCCCC1. The van der Waals surface area contributed by atoms with Crippen LogP contribution < -0.4 is 16.0 Å². The number of benzene rings is 1. The van der Waals surface area contributed by atoms with Crippen molar-refractivity contribution < 1.29 is 19.1 Å². The monoisotopic (exact) mass is 599 g/mol. The van der Waals surface area contributed by atoms with Gasteiger partial charge in [0, 0.05) is 44.9 Å². The van der Waals surface area contributed by atoms with E-state index < -0.39 is 6.04 Å². The van der Waals surface area contributed by atoms with Gasteiger partial charge in [0.1, 0.15) is 6.04 Å². The van der Waals surface area contributed by atoms with Crippen molar-refractivity contribution in [1.29, 1.82) is 0 Å². The van der Waals surface area contributed by atoms with Gasteiger partial charge in [-0.05, 0) is 55.3 Å². The molecule has 2 fully saturated rings. The van der Waals surface area contributed by atoms with Crippen molar-refractivity contribution in [1.82, 2.24) is 25.8 Å². The zero-order chi connectivity index (χ0) is 29.9. The van der Waals surface area contributed by atoms with Gasteiger partial charge in [0.05, 0.1) is 28.4 Å². The first-order valence-electron chi connectivity index (χ1n) is 15.9. The summed E-state index contributed by atoms with van der Waals surface area (Å²) in [7, 11) is 0. The molecule has 2 atom stereocenters. The van der Waals surface area contributed by atoms with Gasteiger partial charge >= 0.3 is 0 Å². The van der Waals surface area contributed by atoms with Gasteiger partial charge in [0.25, 0.3) is 0 Å². The minimum Gasteiger partial charge on any atom is -0.379 e. The van der Waals surface area contributed by atoms with Crippen LogP contribution in [0.5, 0.6) is 0 Å². The maximum atomic E-state index is 13.7. The Kier molecular flexibility index (Phi) is 12.6. The van der Waals surface area contributed by atoms with Gasteiger partial charge in [-0.2, -0.15) is 0 Å². The predicted octanol–water partition coefficient (Wildman–Crippen LogP) is 4.15. The lowest BCUT2D eigenvalue weighted by Crippen LogP contribution is -2.55. The molecule has 2 aliphatic rings. The average molecular weight is 600 g/mol. The van der Waals surface area contributed by atoms with Crippen molar-refractivity contribution >= 4 is 39.3 Å². The first-order chi connectivity index (χ1) is 20.3. The highest BCUT2D eigenvalue weighted by Crippen LogP contribution is 2.28. The molecule has 232 valence electrons. The molecule has 1 aliphatic carbocycles. The van der Waals surface area contributed by atoms with Crippen LogP contribution in [0.1, 0.15) is 88.6 Å². The number of nitrogens with zero attached hydrogens (tertiary/aromatic N) is 2. The highest BCUT2D eigenvalue weighted by atomic mass is 32.1. The lowest BCUT2D eigenvalue weighted by molar-refractivity contribution is -0.129. The van der Waals surface area contributed by atoms with Gasteiger partial charge in [0.2, 0.25) is 17.7 Å². The number of carbonyl (C=O) groups is 3. The Morgan fingerprint density at radius 3 is 2.55 bits per heavy atom. The van der Waals surface area contributed by atoms with Crippen LogP contribution in [0.3, 0.4) is 0 Å². The molecule has 10 heteroatoms. The summed E-state index contributed by atoms with van der Waals surface area (Å²) in [6.07, 6.45) is 7.42. The standard InChI is InChI=1S/C32H49N5O4S/c1-4-29(38)34-26(20-31-35-25-13-12-24(22(2)3)19-28(25)42-31)32(40)36-27(23-9-6-5-7-10-23)21-33-30(39)11-8-14-37-15-17-41-18-16-37/h12-13,19,22-23,26-27H,4-11,14-18,20-21H2,1-3H3,(H,33,39)(H,34,38)(H,36,40)/t26-,27+/m0/s1. The van der Waals surface area contributed by atoms with Gasteiger partial charge in [-0.1, -0.05) is 46.1 Å². The minimum absolute atomic E-state index is 0.0180. The lowest BCUT2D eigenvalue weighted by Gasteiger charge is -2.32. The van der Waals surface area contributed by atoms with Crippen molar-refractivity contribution in [2.75, 3.05) is 39.4 Å². The maximum Gasteiger partial charge on any atom is 0.243 e. The zero-order valence-electron chi connectivity index (χ0n) is 25.6. The molecule has 3 amide bonds. The number of fused-ring (bicyclic) bond motifs is 1.